The molecular weight excluding hydrogens is 236 g/mol. The van der Waals surface area contributed by atoms with Gasteiger partial charge in [-0.2, -0.15) is 0 Å². The zero-order chi connectivity index (χ0) is 14.2. The molecule has 19 heavy (non-hydrogen) atoms. The fourth-order valence-electron chi connectivity index (χ4n) is 1.95. The molecule has 0 atom stereocenters. The Morgan fingerprint density at radius 3 is 2.05 bits per heavy atom. The van der Waals surface area contributed by atoms with E-state index in [0.717, 1.165) is 6.42 Å². The predicted octanol–water partition coefficient (Wildman–Crippen LogP) is 5.19. The summed E-state index contributed by atoms with van der Waals surface area (Å²) in [6, 6.07) is 0. The highest BCUT2D eigenvalue weighted by atomic mass is 16.5. The van der Waals surface area contributed by atoms with Crippen LogP contribution in [0.4, 0.5) is 0 Å². The number of rotatable bonds is 12. The van der Waals surface area contributed by atoms with E-state index in [1.54, 1.807) is 6.08 Å². The van der Waals surface area contributed by atoms with Crippen molar-refractivity contribution in [3.05, 3.63) is 24.3 Å². The predicted molar refractivity (Wildman–Crippen MR) is 82.1 cm³/mol. The summed E-state index contributed by atoms with van der Waals surface area (Å²) >= 11 is 0. The molecule has 0 spiro atoms. The Morgan fingerprint density at radius 2 is 1.47 bits per heavy atom. The molecule has 110 valence electrons. The lowest BCUT2D eigenvalue weighted by Crippen LogP contribution is -1.92. The van der Waals surface area contributed by atoms with Gasteiger partial charge in [0.2, 0.25) is 0 Å². The molecule has 0 amide bonds. The largest absolute Gasteiger partial charge is 0.466 e. The second-order valence-electron chi connectivity index (χ2n) is 4.93. The van der Waals surface area contributed by atoms with Gasteiger partial charge in [-0.15, -0.1) is 0 Å². The monoisotopic (exact) mass is 266 g/mol. The van der Waals surface area contributed by atoms with E-state index in [-0.39, 0.29) is 5.97 Å². The maximum Gasteiger partial charge on any atom is 0.330 e. The third-order valence-electron chi connectivity index (χ3n) is 3.16. The number of hydrogen-bond acceptors (Lipinski definition) is 2. The maximum atomic E-state index is 10.8. The molecule has 0 N–H and O–H groups in total. The van der Waals surface area contributed by atoms with Crippen LogP contribution >= 0.6 is 0 Å². The molecule has 0 aromatic carbocycles. The number of carbonyl (C=O) groups excluding carboxylic acids is 1. The van der Waals surface area contributed by atoms with Gasteiger partial charge in [-0.1, -0.05) is 76.5 Å². The summed E-state index contributed by atoms with van der Waals surface area (Å²) < 4.78 is 4.50. The van der Waals surface area contributed by atoms with Crippen molar-refractivity contribution in [1.82, 2.24) is 0 Å². The van der Waals surface area contributed by atoms with Gasteiger partial charge in [-0.05, 0) is 12.8 Å². The Hall–Kier alpha value is -1.05. The van der Waals surface area contributed by atoms with Crippen LogP contribution < -0.4 is 0 Å². The van der Waals surface area contributed by atoms with Crippen LogP contribution in [0.3, 0.4) is 0 Å². The molecule has 2 heteroatoms. The lowest BCUT2D eigenvalue weighted by Gasteiger charge is -2.00. The van der Waals surface area contributed by atoms with E-state index in [2.05, 4.69) is 17.7 Å². The lowest BCUT2D eigenvalue weighted by molar-refractivity contribution is -0.134. The molecular formula is C17H30O2. The van der Waals surface area contributed by atoms with Gasteiger partial charge in [0.1, 0.15) is 0 Å². The highest BCUT2D eigenvalue weighted by molar-refractivity contribution is 5.82. The molecule has 0 saturated heterocycles. The normalized spacial score (nSPS) is 11.5. The smallest absolute Gasteiger partial charge is 0.330 e. The van der Waals surface area contributed by atoms with Crippen molar-refractivity contribution >= 4 is 5.97 Å². The Balaban J connectivity index is 3.20. The maximum absolute atomic E-state index is 10.8. The van der Waals surface area contributed by atoms with Crippen LogP contribution in [0.15, 0.2) is 24.3 Å². The first-order chi connectivity index (χ1) is 9.31. The summed E-state index contributed by atoms with van der Waals surface area (Å²) in [6.45, 7) is 2.26. The van der Waals surface area contributed by atoms with Crippen LogP contribution in [0.1, 0.15) is 71.1 Å². The van der Waals surface area contributed by atoms with E-state index in [1.165, 1.54) is 71.0 Å². The van der Waals surface area contributed by atoms with Gasteiger partial charge in [0.25, 0.3) is 0 Å². The van der Waals surface area contributed by atoms with Gasteiger partial charge in [-0.25, -0.2) is 4.79 Å². The van der Waals surface area contributed by atoms with E-state index in [1.807, 2.05) is 6.08 Å². The number of carbonyl (C=O) groups is 1. The van der Waals surface area contributed by atoms with Gasteiger partial charge in [0, 0.05) is 6.08 Å². The fourth-order valence-corrected chi connectivity index (χ4v) is 1.95. The molecule has 0 aliphatic carbocycles. The van der Waals surface area contributed by atoms with Crippen LogP contribution in [0.25, 0.3) is 0 Å². The molecule has 2 nitrogen and oxygen atoms in total. The Labute approximate surface area is 118 Å². The molecule has 0 radical (unpaired) electrons. The fraction of sp³-hybridized carbons (Fsp3) is 0.706. The number of esters is 1. The summed E-state index contributed by atoms with van der Waals surface area (Å²) in [5, 5.41) is 0. The number of ether oxygens (including phenoxy) is 1. The number of methoxy groups -OCH3 is 1. The van der Waals surface area contributed by atoms with Crippen molar-refractivity contribution in [3.8, 4) is 0 Å². The van der Waals surface area contributed by atoms with Gasteiger partial charge >= 0.3 is 5.97 Å². The highest BCUT2D eigenvalue weighted by Gasteiger charge is 1.91. The standard InChI is InChI=1S/C17H30O2/c1-3-4-5-6-7-8-9-10-11-12-13-14-15-16-17(18)19-2/h13-16H,3-12H2,1-2H3. The van der Waals surface area contributed by atoms with Gasteiger partial charge in [0.15, 0.2) is 0 Å². The van der Waals surface area contributed by atoms with Gasteiger partial charge in [-0.3, -0.25) is 0 Å². The summed E-state index contributed by atoms with van der Waals surface area (Å²) in [6.07, 6.45) is 20.6. The number of hydrogen-bond donors (Lipinski definition) is 0. The molecule has 0 rings (SSSR count). The second-order valence-corrected chi connectivity index (χ2v) is 4.93. The quantitative estimate of drug-likeness (QED) is 0.210. The Morgan fingerprint density at radius 1 is 0.895 bits per heavy atom. The van der Waals surface area contributed by atoms with Crippen molar-refractivity contribution in [3.63, 3.8) is 0 Å². The first-order valence-corrected chi connectivity index (χ1v) is 7.72. The van der Waals surface area contributed by atoms with E-state index in [0.29, 0.717) is 0 Å². The minimum absolute atomic E-state index is 0.298. The summed E-state index contributed by atoms with van der Waals surface area (Å²) in [7, 11) is 1.39. The van der Waals surface area contributed by atoms with Crippen LogP contribution in [0.2, 0.25) is 0 Å². The molecule has 0 saturated carbocycles. The Kier molecular flexibility index (Phi) is 14.2. The van der Waals surface area contributed by atoms with E-state index >= 15 is 0 Å². The van der Waals surface area contributed by atoms with Crippen LogP contribution in [-0.2, 0) is 9.53 Å². The molecule has 0 aliphatic heterocycles. The average Bonchev–Trinajstić information content (AvgIpc) is 2.43. The third-order valence-corrected chi connectivity index (χ3v) is 3.16. The first kappa shape index (κ1) is 17.9. The van der Waals surface area contributed by atoms with Crippen LogP contribution in [0, 0.1) is 0 Å². The summed E-state index contributed by atoms with van der Waals surface area (Å²) in [5.41, 5.74) is 0. The van der Waals surface area contributed by atoms with E-state index in [4.69, 9.17) is 0 Å². The van der Waals surface area contributed by atoms with E-state index < -0.39 is 0 Å². The summed E-state index contributed by atoms with van der Waals surface area (Å²) in [5.74, 6) is -0.298. The van der Waals surface area contributed by atoms with Crippen molar-refractivity contribution in [2.75, 3.05) is 7.11 Å². The van der Waals surface area contributed by atoms with Crippen LogP contribution in [-0.4, -0.2) is 13.1 Å². The van der Waals surface area contributed by atoms with Gasteiger partial charge in [0.05, 0.1) is 7.11 Å². The molecule has 0 unspecified atom stereocenters. The first-order valence-electron chi connectivity index (χ1n) is 7.72. The number of allylic oxidation sites excluding steroid dienone is 3. The minimum atomic E-state index is -0.298. The third kappa shape index (κ3) is 14.9. The molecule has 0 aliphatic rings. The highest BCUT2D eigenvalue weighted by Crippen LogP contribution is 2.10. The van der Waals surface area contributed by atoms with Crippen molar-refractivity contribution < 1.29 is 9.53 Å². The van der Waals surface area contributed by atoms with Crippen LogP contribution in [0.5, 0.6) is 0 Å². The molecule has 0 fully saturated rings. The zero-order valence-electron chi connectivity index (χ0n) is 12.7. The number of unbranched alkanes of at least 4 members (excludes halogenated alkanes) is 9. The van der Waals surface area contributed by atoms with Crippen molar-refractivity contribution in [2.45, 2.75) is 71.1 Å². The van der Waals surface area contributed by atoms with E-state index in [9.17, 15) is 4.79 Å². The SMILES string of the molecule is CCCCCCCCCCCC=CC=CC(=O)OC. The molecule has 0 aromatic rings. The lowest BCUT2D eigenvalue weighted by atomic mass is 10.1. The average molecular weight is 266 g/mol. The zero-order valence-corrected chi connectivity index (χ0v) is 12.7. The minimum Gasteiger partial charge on any atom is -0.466 e. The summed E-state index contributed by atoms with van der Waals surface area (Å²) in [4.78, 5) is 10.8. The Bertz CT molecular complexity index is 254. The van der Waals surface area contributed by atoms with Gasteiger partial charge < -0.3 is 4.74 Å². The molecule has 0 bridgehead atoms. The second kappa shape index (κ2) is 15.0. The molecule has 0 heterocycles. The van der Waals surface area contributed by atoms with Crippen molar-refractivity contribution in [1.29, 1.82) is 0 Å². The topological polar surface area (TPSA) is 26.3 Å². The molecule has 0 aromatic heterocycles. The van der Waals surface area contributed by atoms with Crippen molar-refractivity contribution in [2.24, 2.45) is 0 Å².